The van der Waals surface area contributed by atoms with Crippen molar-refractivity contribution in [2.75, 3.05) is 0 Å². The van der Waals surface area contributed by atoms with Crippen LogP contribution in [0.2, 0.25) is 0 Å². The highest BCUT2D eigenvalue weighted by Gasteiger charge is 2.20. The van der Waals surface area contributed by atoms with Gasteiger partial charge in [-0.1, -0.05) is 48.5 Å². The Morgan fingerprint density at radius 3 is 2.37 bits per heavy atom. The highest BCUT2D eigenvalue weighted by atomic mass is 16.4. The summed E-state index contributed by atoms with van der Waals surface area (Å²) in [5.41, 5.74) is 2.20. The largest absolute Gasteiger partial charge is 0.481 e. The number of carboxylic acid groups (broad SMARTS) is 1. The molecule has 0 amide bonds. The van der Waals surface area contributed by atoms with Gasteiger partial charge < -0.3 is 5.11 Å². The van der Waals surface area contributed by atoms with Gasteiger partial charge in [0.1, 0.15) is 0 Å². The third-order valence-electron chi connectivity index (χ3n) is 3.04. The van der Waals surface area contributed by atoms with Crippen molar-refractivity contribution >= 4 is 5.97 Å². The van der Waals surface area contributed by atoms with Crippen LogP contribution < -0.4 is 0 Å². The van der Waals surface area contributed by atoms with Crippen molar-refractivity contribution in [3.8, 4) is 6.07 Å². The van der Waals surface area contributed by atoms with E-state index in [1.807, 2.05) is 42.5 Å². The Morgan fingerprint density at radius 1 is 1.11 bits per heavy atom. The molecule has 19 heavy (non-hydrogen) atoms. The van der Waals surface area contributed by atoms with Gasteiger partial charge in [0, 0.05) is 5.92 Å². The maximum absolute atomic E-state index is 11.1. The SMILES string of the molecule is N#Cc1ccccc1C(CC(=O)O)c1ccccc1. The van der Waals surface area contributed by atoms with Crippen molar-refractivity contribution in [1.29, 1.82) is 5.26 Å². The molecule has 1 N–H and O–H groups in total. The molecule has 0 fully saturated rings. The lowest BCUT2D eigenvalue weighted by Gasteiger charge is -2.17. The van der Waals surface area contributed by atoms with E-state index in [1.54, 1.807) is 12.1 Å². The van der Waals surface area contributed by atoms with Crippen LogP contribution in [0.4, 0.5) is 0 Å². The number of aliphatic carboxylic acids is 1. The highest BCUT2D eigenvalue weighted by molar-refractivity contribution is 5.69. The van der Waals surface area contributed by atoms with Crippen molar-refractivity contribution in [2.45, 2.75) is 12.3 Å². The van der Waals surface area contributed by atoms with Gasteiger partial charge in [0.25, 0.3) is 0 Å². The minimum absolute atomic E-state index is 0.0251. The zero-order valence-corrected chi connectivity index (χ0v) is 10.3. The van der Waals surface area contributed by atoms with Gasteiger partial charge in [-0.2, -0.15) is 5.26 Å². The predicted molar refractivity (Wildman–Crippen MR) is 71.7 cm³/mol. The van der Waals surface area contributed by atoms with Crippen LogP contribution in [-0.2, 0) is 4.79 Å². The van der Waals surface area contributed by atoms with Crippen LogP contribution in [0.15, 0.2) is 54.6 Å². The molecule has 0 aliphatic rings. The number of hydrogen-bond acceptors (Lipinski definition) is 2. The first-order valence-corrected chi connectivity index (χ1v) is 5.98. The molecule has 2 aromatic rings. The van der Waals surface area contributed by atoms with Crippen molar-refractivity contribution in [2.24, 2.45) is 0 Å². The van der Waals surface area contributed by atoms with E-state index in [9.17, 15) is 4.79 Å². The predicted octanol–water partition coefficient (Wildman–Crippen LogP) is 3.16. The van der Waals surface area contributed by atoms with Gasteiger partial charge in [0.05, 0.1) is 18.1 Å². The maximum Gasteiger partial charge on any atom is 0.304 e. The third kappa shape index (κ3) is 2.99. The summed E-state index contributed by atoms with van der Waals surface area (Å²) in [4.78, 5) is 11.1. The number of nitrogens with zero attached hydrogens (tertiary/aromatic N) is 1. The smallest absolute Gasteiger partial charge is 0.304 e. The molecule has 2 rings (SSSR count). The van der Waals surface area contributed by atoms with E-state index in [0.717, 1.165) is 11.1 Å². The van der Waals surface area contributed by atoms with Crippen LogP contribution in [0, 0.1) is 11.3 Å². The molecular formula is C16H13NO2. The fraction of sp³-hybridized carbons (Fsp3) is 0.125. The molecule has 0 heterocycles. The molecule has 0 aliphatic heterocycles. The standard InChI is InChI=1S/C16H13NO2/c17-11-13-8-4-5-9-14(13)15(10-16(18)19)12-6-2-1-3-7-12/h1-9,15H,10H2,(H,18,19). The molecule has 0 saturated heterocycles. The van der Waals surface area contributed by atoms with Crippen molar-refractivity contribution in [3.63, 3.8) is 0 Å². The molecule has 2 aromatic carbocycles. The quantitative estimate of drug-likeness (QED) is 0.907. The number of carbonyl (C=O) groups is 1. The molecule has 0 aliphatic carbocycles. The number of carboxylic acids is 1. The Labute approximate surface area is 111 Å². The lowest BCUT2D eigenvalue weighted by Crippen LogP contribution is -2.09. The molecule has 0 radical (unpaired) electrons. The molecule has 94 valence electrons. The second-order valence-electron chi connectivity index (χ2n) is 4.26. The molecule has 3 nitrogen and oxygen atoms in total. The average molecular weight is 251 g/mol. The number of benzene rings is 2. The molecule has 1 atom stereocenters. The maximum atomic E-state index is 11.1. The van der Waals surface area contributed by atoms with Gasteiger partial charge in [-0.05, 0) is 17.2 Å². The van der Waals surface area contributed by atoms with Crippen LogP contribution in [0.5, 0.6) is 0 Å². The van der Waals surface area contributed by atoms with Crippen LogP contribution in [0.1, 0.15) is 29.0 Å². The summed E-state index contributed by atoms with van der Waals surface area (Å²) in [5.74, 6) is -1.17. The first kappa shape index (κ1) is 12.8. The molecule has 3 heteroatoms. The normalized spacial score (nSPS) is 11.5. The van der Waals surface area contributed by atoms with E-state index in [4.69, 9.17) is 10.4 Å². The summed E-state index contributed by atoms with van der Waals surface area (Å²) in [6.07, 6.45) is -0.0251. The summed E-state index contributed by atoms with van der Waals surface area (Å²) in [6, 6.07) is 18.7. The lowest BCUT2D eigenvalue weighted by molar-refractivity contribution is -0.137. The monoisotopic (exact) mass is 251 g/mol. The zero-order valence-electron chi connectivity index (χ0n) is 10.3. The molecular weight excluding hydrogens is 238 g/mol. The zero-order chi connectivity index (χ0) is 13.7. The van der Waals surface area contributed by atoms with E-state index in [1.165, 1.54) is 0 Å². The Morgan fingerprint density at radius 2 is 1.74 bits per heavy atom. The van der Waals surface area contributed by atoms with Crippen molar-refractivity contribution in [1.82, 2.24) is 0 Å². The minimum Gasteiger partial charge on any atom is -0.481 e. The molecule has 0 saturated carbocycles. The number of hydrogen-bond donors (Lipinski definition) is 1. The van der Waals surface area contributed by atoms with Gasteiger partial charge in [0.15, 0.2) is 0 Å². The van der Waals surface area contributed by atoms with Gasteiger partial charge in [-0.3, -0.25) is 4.79 Å². The van der Waals surface area contributed by atoms with Crippen LogP contribution >= 0.6 is 0 Å². The van der Waals surface area contributed by atoms with Gasteiger partial charge in [-0.15, -0.1) is 0 Å². The average Bonchev–Trinajstić information content (AvgIpc) is 2.45. The summed E-state index contributed by atoms with van der Waals surface area (Å²) >= 11 is 0. The third-order valence-corrected chi connectivity index (χ3v) is 3.04. The van der Waals surface area contributed by atoms with Gasteiger partial charge >= 0.3 is 5.97 Å². The van der Waals surface area contributed by atoms with Crippen LogP contribution in [-0.4, -0.2) is 11.1 Å². The summed E-state index contributed by atoms with van der Waals surface area (Å²) in [6.45, 7) is 0. The first-order chi connectivity index (χ1) is 9.22. The molecule has 0 spiro atoms. The van der Waals surface area contributed by atoms with Gasteiger partial charge in [0.2, 0.25) is 0 Å². The topological polar surface area (TPSA) is 61.1 Å². The van der Waals surface area contributed by atoms with Crippen molar-refractivity contribution in [3.05, 3.63) is 71.3 Å². The van der Waals surface area contributed by atoms with Gasteiger partial charge in [-0.25, -0.2) is 0 Å². The summed E-state index contributed by atoms with van der Waals surface area (Å²) < 4.78 is 0. The van der Waals surface area contributed by atoms with E-state index < -0.39 is 5.97 Å². The molecule has 1 unspecified atom stereocenters. The fourth-order valence-corrected chi connectivity index (χ4v) is 2.17. The van der Waals surface area contributed by atoms with Crippen LogP contribution in [0.25, 0.3) is 0 Å². The van der Waals surface area contributed by atoms with E-state index in [2.05, 4.69) is 6.07 Å². The first-order valence-electron chi connectivity index (χ1n) is 5.98. The Balaban J connectivity index is 2.50. The van der Waals surface area contributed by atoms with E-state index in [0.29, 0.717) is 5.56 Å². The highest BCUT2D eigenvalue weighted by Crippen LogP contribution is 2.30. The molecule has 0 aromatic heterocycles. The van der Waals surface area contributed by atoms with Crippen molar-refractivity contribution < 1.29 is 9.90 Å². The number of rotatable bonds is 4. The Bertz CT molecular complexity index is 614. The summed E-state index contributed by atoms with van der Waals surface area (Å²) in [5, 5.41) is 18.2. The second-order valence-corrected chi connectivity index (χ2v) is 4.26. The fourth-order valence-electron chi connectivity index (χ4n) is 2.17. The summed E-state index contributed by atoms with van der Waals surface area (Å²) in [7, 11) is 0. The Kier molecular flexibility index (Phi) is 3.94. The molecule has 0 bridgehead atoms. The number of nitriles is 1. The second kappa shape index (κ2) is 5.83. The Hall–Kier alpha value is -2.60. The lowest BCUT2D eigenvalue weighted by atomic mass is 9.86. The van der Waals surface area contributed by atoms with Crippen LogP contribution in [0.3, 0.4) is 0 Å². The van der Waals surface area contributed by atoms with E-state index in [-0.39, 0.29) is 12.3 Å². The minimum atomic E-state index is -0.874. The van der Waals surface area contributed by atoms with E-state index >= 15 is 0 Å².